The van der Waals surface area contributed by atoms with Gasteiger partial charge in [-0.15, -0.1) is 0 Å². The molecule has 1 atom stereocenters. The number of aromatic amines is 1. The zero-order valence-corrected chi connectivity index (χ0v) is 17.7. The van der Waals surface area contributed by atoms with Crippen LogP contribution in [0, 0.1) is 5.92 Å². The van der Waals surface area contributed by atoms with Crippen molar-refractivity contribution < 1.29 is 9.59 Å². The Balaban J connectivity index is 1.48. The Bertz CT molecular complexity index is 1170. The molecule has 3 heterocycles. The molecule has 0 radical (unpaired) electrons. The summed E-state index contributed by atoms with van der Waals surface area (Å²) in [6.45, 7) is 3.96. The number of anilines is 2. The predicted molar refractivity (Wildman–Crippen MR) is 117 cm³/mol. The number of rotatable bonds is 4. The van der Waals surface area contributed by atoms with E-state index < -0.39 is 0 Å². The Morgan fingerprint density at radius 3 is 3.00 bits per heavy atom. The van der Waals surface area contributed by atoms with Gasteiger partial charge in [0, 0.05) is 34.7 Å². The van der Waals surface area contributed by atoms with Crippen LogP contribution in [0.3, 0.4) is 0 Å². The number of carbonyl (C=O) groups excluding carboxylic acids is 2. The Labute approximate surface area is 178 Å². The lowest BCUT2D eigenvalue weighted by atomic mass is 9.86. The third kappa shape index (κ3) is 3.45. The van der Waals surface area contributed by atoms with E-state index in [2.05, 4.69) is 25.6 Å². The molecule has 3 aromatic rings. The predicted octanol–water partition coefficient (Wildman–Crippen LogP) is 3.51. The molecule has 154 valence electrons. The number of nitrogens with zero attached hydrogens (tertiary/aromatic N) is 2. The van der Waals surface area contributed by atoms with E-state index in [1.165, 1.54) is 11.8 Å². The van der Waals surface area contributed by atoms with Crippen molar-refractivity contribution in [2.45, 2.75) is 50.5 Å². The summed E-state index contributed by atoms with van der Waals surface area (Å²) in [6.07, 6.45) is 4.35. The highest BCUT2D eigenvalue weighted by molar-refractivity contribution is 8.14. The summed E-state index contributed by atoms with van der Waals surface area (Å²) in [4.78, 5) is 37.6. The van der Waals surface area contributed by atoms with Crippen molar-refractivity contribution in [3.63, 3.8) is 0 Å². The van der Waals surface area contributed by atoms with Crippen LogP contribution in [0.1, 0.15) is 37.1 Å². The van der Waals surface area contributed by atoms with Crippen molar-refractivity contribution in [1.82, 2.24) is 20.3 Å². The van der Waals surface area contributed by atoms with Crippen molar-refractivity contribution in [2.75, 3.05) is 5.32 Å². The van der Waals surface area contributed by atoms with Gasteiger partial charge in [-0.2, -0.15) is 0 Å². The second-order valence-electron chi connectivity index (χ2n) is 8.23. The molecule has 1 amide bonds. The number of hydrogen-bond donors (Lipinski definition) is 3. The average molecular weight is 422 g/mol. The largest absolute Gasteiger partial charge is 0.354 e. The number of H-pyrrole nitrogens is 1. The minimum Gasteiger partial charge on any atom is -0.354 e. The molecular weight excluding hydrogens is 398 g/mol. The van der Waals surface area contributed by atoms with Crippen molar-refractivity contribution in [2.24, 2.45) is 5.92 Å². The zero-order chi connectivity index (χ0) is 20.8. The van der Waals surface area contributed by atoms with E-state index in [9.17, 15) is 9.59 Å². The highest BCUT2D eigenvalue weighted by Crippen LogP contribution is 2.37. The van der Waals surface area contributed by atoms with Gasteiger partial charge in [-0.25, -0.2) is 9.97 Å². The van der Waals surface area contributed by atoms with Crippen LogP contribution in [0.2, 0.25) is 0 Å². The van der Waals surface area contributed by atoms with Gasteiger partial charge in [-0.3, -0.25) is 9.59 Å². The van der Waals surface area contributed by atoms with Gasteiger partial charge in [0.2, 0.25) is 5.91 Å². The number of hydrogen-bond acceptors (Lipinski definition) is 6. The second-order valence-corrected chi connectivity index (χ2v) is 9.33. The fourth-order valence-electron chi connectivity index (χ4n) is 4.29. The maximum atomic E-state index is 12.6. The van der Waals surface area contributed by atoms with E-state index in [4.69, 9.17) is 0 Å². The van der Waals surface area contributed by atoms with Crippen LogP contribution >= 0.6 is 11.8 Å². The number of thioether (sulfide) groups is 1. The van der Waals surface area contributed by atoms with Gasteiger partial charge >= 0.3 is 0 Å². The number of aromatic nitrogens is 3. The Morgan fingerprint density at radius 2 is 2.17 bits per heavy atom. The van der Waals surface area contributed by atoms with Crippen LogP contribution < -0.4 is 10.6 Å². The quantitative estimate of drug-likeness (QED) is 0.596. The van der Waals surface area contributed by atoms with Gasteiger partial charge in [0.1, 0.15) is 17.8 Å². The molecule has 5 rings (SSSR count). The summed E-state index contributed by atoms with van der Waals surface area (Å²) in [5, 5.41) is 7.57. The summed E-state index contributed by atoms with van der Waals surface area (Å²) in [5.74, 6) is 0.780. The van der Waals surface area contributed by atoms with E-state index in [1.807, 2.05) is 32.0 Å². The number of fused-ring (bicyclic) bond motifs is 4. The molecule has 1 aromatic carbocycles. The monoisotopic (exact) mass is 421 g/mol. The number of carbonyl (C=O) groups is 2. The zero-order valence-electron chi connectivity index (χ0n) is 16.9. The average Bonchev–Trinajstić information content (AvgIpc) is 3.26. The van der Waals surface area contributed by atoms with Crippen LogP contribution in [0.4, 0.5) is 11.5 Å². The Hall–Kier alpha value is -2.87. The molecule has 0 spiro atoms. The molecule has 0 fully saturated rings. The highest BCUT2D eigenvalue weighted by atomic mass is 32.2. The van der Waals surface area contributed by atoms with Crippen LogP contribution in [0.5, 0.6) is 0 Å². The molecule has 0 saturated carbocycles. The maximum absolute atomic E-state index is 12.6. The molecule has 2 aliphatic rings. The summed E-state index contributed by atoms with van der Waals surface area (Å²) in [7, 11) is 0. The minimum atomic E-state index is -0.0469. The molecule has 30 heavy (non-hydrogen) atoms. The number of amides is 1. The van der Waals surface area contributed by atoms with Crippen LogP contribution in [0.25, 0.3) is 11.0 Å². The number of benzene rings is 1. The second kappa shape index (κ2) is 7.43. The number of aryl methyl sites for hydroxylation is 1. The molecule has 1 aliphatic heterocycles. The van der Waals surface area contributed by atoms with Gasteiger partial charge < -0.3 is 15.6 Å². The van der Waals surface area contributed by atoms with E-state index in [-0.39, 0.29) is 23.0 Å². The summed E-state index contributed by atoms with van der Waals surface area (Å²) < 4.78 is 0. The first-order chi connectivity index (χ1) is 14.5. The molecule has 0 bridgehead atoms. The van der Waals surface area contributed by atoms with E-state index in [1.54, 1.807) is 6.33 Å². The van der Waals surface area contributed by atoms with Crippen molar-refractivity contribution in [3.05, 3.63) is 41.3 Å². The smallest absolute Gasteiger partial charge is 0.223 e. The third-order valence-electron chi connectivity index (χ3n) is 5.67. The SMILES string of the molecule is CC(C)NC(=O)C1CCc2[nH]c3ncnc(Nc4ccc5c(c4)SC(=O)C5)c3c2C1. The summed E-state index contributed by atoms with van der Waals surface area (Å²) in [6, 6.07) is 6.10. The van der Waals surface area contributed by atoms with Crippen molar-refractivity contribution >= 4 is 45.3 Å². The Kier molecular flexibility index (Phi) is 4.73. The first-order valence-corrected chi connectivity index (χ1v) is 11.0. The van der Waals surface area contributed by atoms with Gasteiger partial charge in [-0.05, 0) is 56.4 Å². The summed E-state index contributed by atoms with van der Waals surface area (Å²) in [5.41, 5.74) is 5.00. The number of nitrogens with one attached hydrogen (secondary N) is 3. The molecule has 0 saturated heterocycles. The van der Waals surface area contributed by atoms with Crippen LogP contribution in [-0.2, 0) is 28.9 Å². The topological polar surface area (TPSA) is 99.8 Å². The maximum Gasteiger partial charge on any atom is 0.223 e. The molecule has 1 aliphatic carbocycles. The van der Waals surface area contributed by atoms with E-state index in [0.29, 0.717) is 12.8 Å². The first kappa shape index (κ1) is 19.1. The fraction of sp³-hybridized carbons (Fsp3) is 0.364. The van der Waals surface area contributed by atoms with Crippen molar-refractivity contribution in [3.8, 4) is 0 Å². The van der Waals surface area contributed by atoms with Crippen LogP contribution in [-0.4, -0.2) is 32.0 Å². The lowest BCUT2D eigenvalue weighted by Gasteiger charge is -2.23. The molecule has 3 N–H and O–H groups in total. The van der Waals surface area contributed by atoms with Gasteiger partial charge in [0.05, 0.1) is 5.39 Å². The molecule has 7 nitrogen and oxygen atoms in total. The molecule has 1 unspecified atom stereocenters. The van der Waals surface area contributed by atoms with Gasteiger partial charge in [0.25, 0.3) is 0 Å². The van der Waals surface area contributed by atoms with Crippen molar-refractivity contribution in [1.29, 1.82) is 0 Å². The fourth-order valence-corrected chi connectivity index (χ4v) is 5.22. The molecule has 2 aromatic heterocycles. The van der Waals surface area contributed by atoms with E-state index in [0.717, 1.165) is 57.1 Å². The first-order valence-electron chi connectivity index (χ1n) is 10.2. The standard InChI is InChI=1S/C22H23N5O2S/c1-11(2)25-22(29)13-4-6-16-15(7-13)19-20(23-10-24-21(19)27-16)26-14-5-3-12-8-18(28)30-17(12)9-14/h3,5,9-11,13H,4,6-8H2,1-2H3,(H,25,29)(H2,23,24,26,27). The third-order valence-corrected chi connectivity index (χ3v) is 6.64. The summed E-state index contributed by atoms with van der Waals surface area (Å²) >= 11 is 1.29. The van der Waals surface area contributed by atoms with Gasteiger partial charge in [-0.1, -0.05) is 17.8 Å². The normalized spacial score (nSPS) is 17.8. The Morgan fingerprint density at radius 1 is 1.30 bits per heavy atom. The lowest BCUT2D eigenvalue weighted by molar-refractivity contribution is -0.125. The highest BCUT2D eigenvalue weighted by Gasteiger charge is 2.29. The molecule has 8 heteroatoms. The molecular formula is C22H23N5O2S. The van der Waals surface area contributed by atoms with E-state index >= 15 is 0 Å². The lowest BCUT2D eigenvalue weighted by Crippen LogP contribution is -2.37. The minimum absolute atomic E-state index is 0.0469. The van der Waals surface area contributed by atoms with Gasteiger partial charge in [0.15, 0.2) is 5.12 Å². The van der Waals surface area contributed by atoms with Crippen LogP contribution in [0.15, 0.2) is 29.4 Å².